The first kappa shape index (κ1) is 11.7. The van der Waals surface area contributed by atoms with Gasteiger partial charge in [0.05, 0.1) is 5.25 Å². The molecule has 3 nitrogen and oxygen atoms in total. The smallest absolute Gasteiger partial charge is 0.212 e. The van der Waals surface area contributed by atoms with Crippen LogP contribution >= 0.6 is 11.3 Å². The average molecular weight is 233 g/mol. The highest BCUT2D eigenvalue weighted by Gasteiger charge is 2.22. The Labute approximate surface area is 89.4 Å². The van der Waals surface area contributed by atoms with Gasteiger partial charge in [-0.05, 0) is 25.3 Å². The van der Waals surface area contributed by atoms with Crippen LogP contribution in [0.1, 0.15) is 18.7 Å². The van der Waals surface area contributed by atoms with Crippen LogP contribution in [0.5, 0.6) is 0 Å². The molecule has 1 rings (SSSR count). The molecule has 0 unspecified atom stereocenters. The van der Waals surface area contributed by atoms with Gasteiger partial charge in [0.25, 0.3) is 0 Å². The third-order valence-corrected chi connectivity index (χ3v) is 5.04. The van der Waals surface area contributed by atoms with Crippen LogP contribution in [0, 0.1) is 0 Å². The Morgan fingerprint density at radius 3 is 2.57 bits per heavy atom. The van der Waals surface area contributed by atoms with Gasteiger partial charge in [-0.2, -0.15) is 4.31 Å². The molecule has 0 saturated carbocycles. The molecule has 0 aliphatic rings. The second kappa shape index (κ2) is 4.42. The minimum Gasteiger partial charge on any atom is -0.212 e. The average Bonchev–Trinajstić information content (AvgIpc) is 2.56. The molecule has 0 N–H and O–H groups in total. The molecule has 0 spiro atoms. The summed E-state index contributed by atoms with van der Waals surface area (Å²) in [5.74, 6) is 0. The van der Waals surface area contributed by atoms with E-state index in [0.29, 0.717) is 6.54 Å². The van der Waals surface area contributed by atoms with Crippen molar-refractivity contribution in [1.82, 2.24) is 4.31 Å². The summed E-state index contributed by atoms with van der Waals surface area (Å²) in [6, 6.07) is 3.87. The first-order valence-electron chi connectivity index (χ1n) is 4.42. The first-order chi connectivity index (χ1) is 6.44. The molecule has 0 amide bonds. The van der Waals surface area contributed by atoms with Crippen LogP contribution in [0.2, 0.25) is 0 Å². The molecule has 14 heavy (non-hydrogen) atoms. The van der Waals surface area contributed by atoms with Gasteiger partial charge in [-0.1, -0.05) is 6.07 Å². The predicted molar refractivity (Wildman–Crippen MR) is 59.8 cm³/mol. The highest BCUT2D eigenvalue weighted by Crippen LogP contribution is 2.15. The van der Waals surface area contributed by atoms with Crippen LogP contribution in [0.25, 0.3) is 0 Å². The Morgan fingerprint density at radius 1 is 1.50 bits per heavy atom. The summed E-state index contributed by atoms with van der Waals surface area (Å²) < 4.78 is 24.8. The van der Waals surface area contributed by atoms with Gasteiger partial charge in [0.15, 0.2) is 0 Å². The Balaban J connectivity index is 2.72. The molecule has 1 heterocycles. The first-order valence-corrected chi connectivity index (χ1v) is 6.80. The van der Waals surface area contributed by atoms with Crippen molar-refractivity contribution in [2.45, 2.75) is 25.6 Å². The highest BCUT2D eigenvalue weighted by atomic mass is 32.2. The van der Waals surface area contributed by atoms with E-state index < -0.39 is 10.0 Å². The lowest BCUT2D eigenvalue weighted by atomic mass is 10.5. The van der Waals surface area contributed by atoms with E-state index in [4.69, 9.17) is 0 Å². The van der Waals surface area contributed by atoms with Gasteiger partial charge in [-0.25, -0.2) is 8.42 Å². The monoisotopic (exact) mass is 233 g/mol. The molecule has 0 atom stereocenters. The zero-order chi connectivity index (χ0) is 10.8. The molecule has 0 aliphatic heterocycles. The van der Waals surface area contributed by atoms with Crippen molar-refractivity contribution in [3.63, 3.8) is 0 Å². The lowest BCUT2D eigenvalue weighted by molar-refractivity contribution is 0.462. The van der Waals surface area contributed by atoms with E-state index in [-0.39, 0.29) is 5.25 Å². The van der Waals surface area contributed by atoms with Crippen LogP contribution in [0.15, 0.2) is 17.5 Å². The second-order valence-electron chi connectivity index (χ2n) is 3.43. The summed E-state index contributed by atoms with van der Waals surface area (Å²) in [5, 5.41) is 1.60. The van der Waals surface area contributed by atoms with Gasteiger partial charge in [-0.3, -0.25) is 0 Å². The van der Waals surface area contributed by atoms with Gasteiger partial charge < -0.3 is 0 Å². The van der Waals surface area contributed by atoms with Crippen molar-refractivity contribution < 1.29 is 8.42 Å². The molecule has 0 bridgehead atoms. The lowest BCUT2D eigenvalue weighted by Gasteiger charge is -2.18. The quantitative estimate of drug-likeness (QED) is 0.796. The fraction of sp³-hybridized carbons (Fsp3) is 0.556. The number of nitrogens with zero attached hydrogens (tertiary/aromatic N) is 1. The molecule has 0 aliphatic carbocycles. The lowest BCUT2D eigenvalue weighted by Crippen LogP contribution is -2.32. The van der Waals surface area contributed by atoms with Crippen molar-refractivity contribution in [3.05, 3.63) is 22.4 Å². The largest absolute Gasteiger partial charge is 0.216 e. The van der Waals surface area contributed by atoms with E-state index in [1.54, 1.807) is 32.2 Å². The maximum Gasteiger partial charge on any atom is 0.216 e. The van der Waals surface area contributed by atoms with Crippen LogP contribution in [0.4, 0.5) is 0 Å². The SMILES string of the molecule is CC(C)S(=O)(=O)N(C)Cc1cccs1. The third kappa shape index (κ3) is 2.56. The van der Waals surface area contributed by atoms with E-state index in [9.17, 15) is 8.42 Å². The zero-order valence-electron chi connectivity index (χ0n) is 8.60. The minimum atomic E-state index is -3.11. The molecular formula is C9H15NO2S2. The molecular weight excluding hydrogens is 218 g/mol. The van der Waals surface area contributed by atoms with E-state index >= 15 is 0 Å². The van der Waals surface area contributed by atoms with Crippen molar-refractivity contribution in [3.8, 4) is 0 Å². The molecule has 0 saturated heterocycles. The molecule has 5 heteroatoms. The zero-order valence-corrected chi connectivity index (χ0v) is 10.2. The normalized spacial score (nSPS) is 12.6. The van der Waals surface area contributed by atoms with Crippen LogP contribution in [0.3, 0.4) is 0 Å². The van der Waals surface area contributed by atoms with Crippen LogP contribution < -0.4 is 0 Å². The summed E-state index contributed by atoms with van der Waals surface area (Å²) in [6.07, 6.45) is 0. The molecule has 1 aromatic heterocycles. The Bertz CT molecular complexity index is 368. The third-order valence-electron chi connectivity index (χ3n) is 1.99. The Hall–Kier alpha value is -0.390. The number of hydrogen-bond donors (Lipinski definition) is 0. The fourth-order valence-corrected chi connectivity index (χ4v) is 2.95. The van der Waals surface area contributed by atoms with Gasteiger partial charge in [0, 0.05) is 18.5 Å². The maximum absolute atomic E-state index is 11.7. The Kier molecular flexibility index (Phi) is 3.69. The highest BCUT2D eigenvalue weighted by molar-refractivity contribution is 7.89. The van der Waals surface area contributed by atoms with E-state index in [1.165, 1.54) is 4.31 Å². The topological polar surface area (TPSA) is 37.4 Å². The van der Waals surface area contributed by atoms with Crippen molar-refractivity contribution in [1.29, 1.82) is 0 Å². The second-order valence-corrected chi connectivity index (χ2v) is 7.06. The standard InChI is InChI=1S/C9H15NO2S2/c1-8(2)14(11,12)10(3)7-9-5-4-6-13-9/h4-6,8H,7H2,1-3H3. The summed E-state index contributed by atoms with van der Waals surface area (Å²) in [6.45, 7) is 3.86. The van der Waals surface area contributed by atoms with Gasteiger partial charge in [0.2, 0.25) is 10.0 Å². The van der Waals surface area contributed by atoms with Crippen molar-refractivity contribution >= 4 is 21.4 Å². The van der Waals surface area contributed by atoms with E-state index in [2.05, 4.69) is 0 Å². The molecule has 0 aromatic carbocycles. The Morgan fingerprint density at radius 2 is 2.14 bits per heavy atom. The van der Waals surface area contributed by atoms with Gasteiger partial charge >= 0.3 is 0 Å². The summed E-state index contributed by atoms with van der Waals surface area (Å²) in [7, 11) is -1.49. The summed E-state index contributed by atoms with van der Waals surface area (Å²) >= 11 is 1.57. The number of sulfonamides is 1. The van der Waals surface area contributed by atoms with Gasteiger partial charge in [-0.15, -0.1) is 11.3 Å². The van der Waals surface area contributed by atoms with Crippen LogP contribution in [-0.4, -0.2) is 25.0 Å². The van der Waals surface area contributed by atoms with Crippen molar-refractivity contribution in [2.75, 3.05) is 7.05 Å². The molecule has 0 fully saturated rings. The number of rotatable bonds is 4. The molecule has 1 aromatic rings. The van der Waals surface area contributed by atoms with Crippen LogP contribution in [-0.2, 0) is 16.6 Å². The van der Waals surface area contributed by atoms with E-state index in [0.717, 1.165) is 4.88 Å². The fourth-order valence-electron chi connectivity index (χ4n) is 1.07. The summed E-state index contributed by atoms with van der Waals surface area (Å²) in [5.41, 5.74) is 0. The minimum absolute atomic E-state index is 0.354. The number of thiophene rings is 1. The van der Waals surface area contributed by atoms with Crippen molar-refractivity contribution in [2.24, 2.45) is 0 Å². The molecule has 80 valence electrons. The molecule has 0 radical (unpaired) electrons. The predicted octanol–water partition coefficient (Wildman–Crippen LogP) is 1.92. The van der Waals surface area contributed by atoms with Gasteiger partial charge in [0.1, 0.15) is 0 Å². The maximum atomic E-state index is 11.7. The number of hydrogen-bond acceptors (Lipinski definition) is 3. The van der Waals surface area contributed by atoms with E-state index in [1.807, 2.05) is 17.5 Å². The summed E-state index contributed by atoms with van der Waals surface area (Å²) in [4.78, 5) is 1.07.